The molecule has 0 aromatic heterocycles. The monoisotopic (exact) mass is 492 g/mol. The van der Waals surface area contributed by atoms with Gasteiger partial charge in [-0.1, -0.05) is 12.1 Å². The molecule has 2 aromatic carbocycles. The first-order chi connectivity index (χ1) is 13.3. The van der Waals surface area contributed by atoms with Crippen LogP contribution in [-0.2, 0) is 9.59 Å². The van der Waals surface area contributed by atoms with E-state index < -0.39 is 11.9 Å². The average molecular weight is 493 g/mol. The zero-order valence-electron chi connectivity index (χ0n) is 16.2. The predicted molar refractivity (Wildman–Crippen MR) is 127 cm³/mol. The summed E-state index contributed by atoms with van der Waals surface area (Å²) < 4.78 is 9.72. The largest absolute Gasteiger partial charge is 0.316 e. The first-order valence-electron chi connectivity index (χ1n) is 7.82. The van der Waals surface area contributed by atoms with Crippen molar-refractivity contribution >= 4 is 84.9 Å². The number of aromatic hydroxyl groups is 2. The van der Waals surface area contributed by atoms with E-state index in [0.717, 1.165) is 12.2 Å². The number of rotatable bonds is 6. The summed E-state index contributed by atoms with van der Waals surface area (Å²) in [5.41, 5.74) is 1.31. The molecule has 32 heavy (non-hydrogen) atoms. The average Bonchev–Trinajstić information content (AvgIpc) is 2.67. The van der Waals surface area contributed by atoms with Crippen LogP contribution in [0.3, 0.4) is 0 Å². The SMILES string of the molecule is COc1cc(/C=C/C(=O)O)ccc1O.COc1cc(/C=C/C(=O)O)ccc1O.O.O.[CaH2].[MgH2]. The number of hydrogen-bond acceptors (Lipinski definition) is 6. The number of carboxylic acids is 2. The van der Waals surface area contributed by atoms with Crippen LogP contribution in [0.25, 0.3) is 12.2 Å². The number of phenolic OH excluding ortho intramolecular Hbond substituents is 2. The maximum absolute atomic E-state index is 10.2. The summed E-state index contributed by atoms with van der Waals surface area (Å²) in [6.07, 6.45) is 4.88. The number of ether oxygens (including phenoxy) is 2. The Morgan fingerprint density at radius 3 is 1.31 bits per heavy atom. The number of methoxy groups -OCH3 is 2. The van der Waals surface area contributed by atoms with Crippen molar-refractivity contribution < 1.29 is 50.4 Å². The van der Waals surface area contributed by atoms with E-state index in [0.29, 0.717) is 22.6 Å². The molecule has 172 valence electrons. The normalized spacial score (nSPS) is 9.06. The fourth-order valence-electron chi connectivity index (χ4n) is 1.93. The van der Waals surface area contributed by atoms with E-state index in [1.807, 2.05) is 0 Å². The Hall–Kier alpha value is -1.99. The molecule has 0 fully saturated rings. The Balaban J connectivity index is -0.000000218. The fourth-order valence-corrected chi connectivity index (χ4v) is 1.93. The zero-order chi connectivity index (χ0) is 21.1. The van der Waals surface area contributed by atoms with Gasteiger partial charge in [-0.15, -0.1) is 0 Å². The molecular formula is C20H28CaMgO10. The Labute approximate surface area is 230 Å². The van der Waals surface area contributed by atoms with Crippen LogP contribution in [-0.4, -0.2) is 118 Å². The van der Waals surface area contributed by atoms with Crippen LogP contribution in [0, 0.1) is 0 Å². The number of phenols is 2. The Kier molecular flexibility index (Phi) is 22.9. The molecule has 2 aromatic rings. The summed E-state index contributed by atoms with van der Waals surface area (Å²) in [5, 5.41) is 35.3. The smallest absolute Gasteiger partial charge is 0.316 e. The van der Waals surface area contributed by atoms with E-state index in [4.69, 9.17) is 19.7 Å². The predicted octanol–water partition coefficient (Wildman–Crippen LogP) is -0.485. The molecule has 2 rings (SSSR count). The summed E-state index contributed by atoms with van der Waals surface area (Å²) >= 11 is 0. The van der Waals surface area contributed by atoms with Crippen LogP contribution in [0.15, 0.2) is 48.6 Å². The molecule has 12 heteroatoms. The molecule has 8 N–H and O–H groups in total. The third kappa shape index (κ3) is 14.1. The maximum atomic E-state index is 10.2. The minimum absolute atomic E-state index is 0. The van der Waals surface area contributed by atoms with Crippen molar-refractivity contribution in [2.45, 2.75) is 0 Å². The van der Waals surface area contributed by atoms with Gasteiger partial charge in [-0.25, -0.2) is 9.59 Å². The summed E-state index contributed by atoms with van der Waals surface area (Å²) in [6.45, 7) is 0. The van der Waals surface area contributed by atoms with Crippen molar-refractivity contribution in [2.24, 2.45) is 0 Å². The van der Waals surface area contributed by atoms with Crippen molar-refractivity contribution in [2.75, 3.05) is 14.2 Å². The Bertz CT molecular complexity index is 826. The van der Waals surface area contributed by atoms with Gasteiger partial charge in [-0.2, -0.15) is 0 Å². The molecule has 0 radical (unpaired) electrons. The first kappa shape index (κ1) is 37.3. The van der Waals surface area contributed by atoms with Crippen LogP contribution in [0.1, 0.15) is 11.1 Å². The van der Waals surface area contributed by atoms with E-state index in [9.17, 15) is 19.8 Å². The summed E-state index contributed by atoms with van der Waals surface area (Å²) in [7, 11) is 2.86. The van der Waals surface area contributed by atoms with Gasteiger partial charge in [0.15, 0.2) is 23.0 Å². The summed E-state index contributed by atoms with van der Waals surface area (Å²) in [4.78, 5) is 20.5. The van der Waals surface area contributed by atoms with Crippen molar-refractivity contribution in [3.05, 3.63) is 59.7 Å². The van der Waals surface area contributed by atoms with Gasteiger partial charge in [0.2, 0.25) is 0 Å². The third-order valence-corrected chi connectivity index (χ3v) is 3.24. The molecule has 0 aliphatic rings. The minimum atomic E-state index is -1.02. The van der Waals surface area contributed by atoms with E-state index >= 15 is 0 Å². The van der Waals surface area contributed by atoms with E-state index in [1.54, 1.807) is 24.3 Å². The molecule has 0 bridgehead atoms. The topological polar surface area (TPSA) is 197 Å². The number of aliphatic carboxylic acids is 2. The zero-order valence-corrected chi connectivity index (χ0v) is 16.2. The van der Waals surface area contributed by atoms with E-state index in [-0.39, 0.29) is 83.2 Å². The molecule has 0 aliphatic carbocycles. The van der Waals surface area contributed by atoms with Crippen molar-refractivity contribution in [3.8, 4) is 23.0 Å². The first-order valence-corrected chi connectivity index (χ1v) is 7.82. The molecule has 0 spiro atoms. The number of carboxylic acid groups (broad SMARTS) is 2. The second kappa shape index (κ2) is 19.7. The molecule has 0 unspecified atom stereocenters. The van der Waals surface area contributed by atoms with Gasteiger partial charge in [0.05, 0.1) is 14.2 Å². The second-order valence-electron chi connectivity index (χ2n) is 5.21. The van der Waals surface area contributed by atoms with Gasteiger partial charge in [0, 0.05) is 12.2 Å². The van der Waals surface area contributed by atoms with Gasteiger partial charge in [0.25, 0.3) is 0 Å². The van der Waals surface area contributed by atoms with Gasteiger partial charge in [-0.05, 0) is 47.5 Å². The second-order valence-corrected chi connectivity index (χ2v) is 5.21. The quantitative estimate of drug-likeness (QED) is 0.306. The summed E-state index contributed by atoms with van der Waals surface area (Å²) in [6, 6.07) is 9.18. The molecule has 0 saturated carbocycles. The van der Waals surface area contributed by atoms with E-state index in [2.05, 4.69) is 0 Å². The maximum Gasteiger partial charge on any atom is 0.316 e. The van der Waals surface area contributed by atoms with Crippen LogP contribution < -0.4 is 9.47 Å². The Morgan fingerprint density at radius 1 is 0.750 bits per heavy atom. The molecule has 10 nitrogen and oxygen atoms in total. The van der Waals surface area contributed by atoms with Crippen molar-refractivity contribution in [1.82, 2.24) is 0 Å². The fraction of sp³-hybridized carbons (Fsp3) is 0.100. The molecule has 0 aliphatic heterocycles. The van der Waals surface area contributed by atoms with Crippen LogP contribution in [0.2, 0.25) is 0 Å². The minimum Gasteiger partial charge on any atom is 0.316 e. The number of carbonyl (C=O) groups is 2. The molecule has 0 heterocycles. The van der Waals surface area contributed by atoms with Crippen molar-refractivity contribution in [1.29, 1.82) is 0 Å². The molecule has 0 atom stereocenters. The Morgan fingerprint density at radius 2 is 1.06 bits per heavy atom. The molecule has 0 saturated heterocycles. The van der Waals surface area contributed by atoms with Gasteiger partial charge >= 0.3 is 72.7 Å². The number of hydrogen-bond donors (Lipinski definition) is 4. The van der Waals surface area contributed by atoms with Gasteiger partial charge in [0.1, 0.15) is 0 Å². The standard InChI is InChI=1S/2C10H10O4.Ca.Mg.2H2O.4H/c2*1-14-9-6-7(2-4-8(9)11)3-5-10(12)13;;;;;;;;/h2*2-6,11H,1H3,(H,12,13);;;2*1H2;;;;/b2*5-3+;;;;;;;;. The van der Waals surface area contributed by atoms with Gasteiger partial charge < -0.3 is 40.9 Å². The van der Waals surface area contributed by atoms with Gasteiger partial charge in [-0.3, -0.25) is 0 Å². The summed E-state index contributed by atoms with van der Waals surface area (Å²) in [5.74, 6) is -1.34. The van der Waals surface area contributed by atoms with Crippen LogP contribution in [0.4, 0.5) is 0 Å². The van der Waals surface area contributed by atoms with Crippen LogP contribution >= 0.6 is 0 Å². The van der Waals surface area contributed by atoms with Crippen molar-refractivity contribution in [3.63, 3.8) is 0 Å². The third-order valence-electron chi connectivity index (χ3n) is 3.24. The van der Waals surface area contributed by atoms with E-state index in [1.165, 1.54) is 38.5 Å². The number of benzene rings is 2. The van der Waals surface area contributed by atoms with Crippen LogP contribution in [0.5, 0.6) is 23.0 Å². The molecular weight excluding hydrogens is 465 g/mol. The molecule has 0 amide bonds.